The molecule has 5 heteroatoms. The normalized spacial score (nSPS) is 11.1. The first-order valence-corrected chi connectivity index (χ1v) is 6.37. The van der Waals surface area contributed by atoms with Crippen LogP contribution in [-0.4, -0.2) is 12.3 Å². The maximum absolute atomic E-state index is 5.82. The zero-order valence-electron chi connectivity index (χ0n) is 10.2. The highest BCUT2D eigenvalue weighted by molar-refractivity contribution is 7.14. The molecule has 0 aliphatic heterocycles. The van der Waals surface area contributed by atoms with E-state index in [0.717, 1.165) is 28.3 Å². The molecule has 0 saturated heterocycles. The highest BCUT2D eigenvalue weighted by atomic mass is 32.1. The molecular formula is C12H16N2O2S. The molecule has 0 aromatic carbocycles. The molecule has 0 aliphatic carbocycles. The van der Waals surface area contributed by atoms with Crippen LogP contribution in [0.2, 0.25) is 0 Å². The first-order chi connectivity index (χ1) is 8.13. The van der Waals surface area contributed by atoms with Crippen LogP contribution in [0, 0.1) is 5.92 Å². The summed E-state index contributed by atoms with van der Waals surface area (Å²) in [6.45, 7) is 4.28. The number of hydrogen-bond acceptors (Lipinski definition) is 5. The lowest BCUT2D eigenvalue weighted by Crippen LogP contribution is -1.98. The summed E-state index contributed by atoms with van der Waals surface area (Å²) in [6, 6.07) is 1.92. The van der Waals surface area contributed by atoms with Crippen molar-refractivity contribution in [3.63, 3.8) is 0 Å². The third kappa shape index (κ3) is 2.29. The van der Waals surface area contributed by atoms with E-state index in [9.17, 15) is 0 Å². The molecule has 2 heterocycles. The molecule has 0 aliphatic rings. The van der Waals surface area contributed by atoms with Crippen molar-refractivity contribution in [2.45, 2.75) is 20.3 Å². The molecule has 0 spiro atoms. The van der Waals surface area contributed by atoms with Crippen molar-refractivity contribution in [3.8, 4) is 16.3 Å². The second-order valence-electron chi connectivity index (χ2n) is 4.29. The van der Waals surface area contributed by atoms with Crippen molar-refractivity contribution in [1.82, 2.24) is 5.16 Å². The van der Waals surface area contributed by atoms with Gasteiger partial charge in [0.05, 0.1) is 12.0 Å². The van der Waals surface area contributed by atoms with E-state index < -0.39 is 0 Å². The number of ether oxygens (including phenoxy) is 1. The van der Waals surface area contributed by atoms with Gasteiger partial charge in [-0.05, 0) is 23.8 Å². The number of aromatic nitrogens is 1. The van der Waals surface area contributed by atoms with Crippen LogP contribution in [0.1, 0.15) is 19.4 Å². The van der Waals surface area contributed by atoms with Gasteiger partial charge in [-0.1, -0.05) is 19.0 Å². The Bertz CT molecular complexity index is 502. The number of nitrogens with zero attached hydrogens (tertiary/aromatic N) is 1. The molecule has 92 valence electrons. The molecule has 2 N–H and O–H groups in total. The predicted molar refractivity (Wildman–Crippen MR) is 69.3 cm³/mol. The molecule has 17 heavy (non-hydrogen) atoms. The Morgan fingerprint density at radius 3 is 2.94 bits per heavy atom. The van der Waals surface area contributed by atoms with Crippen molar-refractivity contribution in [2.24, 2.45) is 5.92 Å². The molecule has 0 radical (unpaired) electrons. The Hall–Kier alpha value is -1.49. The third-order valence-electron chi connectivity index (χ3n) is 2.50. The van der Waals surface area contributed by atoms with Crippen molar-refractivity contribution < 1.29 is 9.26 Å². The van der Waals surface area contributed by atoms with Crippen LogP contribution < -0.4 is 10.5 Å². The smallest absolute Gasteiger partial charge is 0.225 e. The fraction of sp³-hybridized carbons (Fsp3) is 0.417. The van der Waals surface area contributed by atoms with Crippen LogP contribution in [0.5, 0.6) is 5.75 Å². The molecule has 0 fully saturated rings. The summed E-state index contributed by atoms with van der Waals surface area (Å²) >= 11 is 1.58. The summed E-state index contributed by atoms with van der Waals surface area (Å²) in [5, 5.41) is 6.02. The molecule has 0 unspecified atom stereocenters. The van der Waals surface area contributed by atoms with Gasteiger partial charge in [0.25, 0.3) is 0 Å². The zero-order chi connectivity index (χ0) is 12.4. The fourth-order valence-corrected chi connectivity index (χ4v) is 2.60. The van der Waals surface area contributed by atoms with E-state index in [2.05, 4.69) is 19.0 Å². The standard InChI is InChI=1S/C12H16N2O2S/c1-7(2)6-8-10(14-16-12(8)13)11-9(15-3)4-5-17-11/h4-5,7H,6,13H2,1-3H3. The first-order valence-electron chi connectivity index (χ1n) is 5.49. The summed E-state index contributed by atoms with van der Waals surface area (Å²) in [6.07, 6.45) is 0.853. The number of anilines is 1. The van der Waals surface area contributed by atoms with Gasteiger partial charge in [0, 0.05) is 5.56 Å². The monoisotopic (exact) mass is 252 g/mol. The van der Waals surface area contributed by atoms with E-state index in [4.69, 9.17) is 15.0 Å². The average Bonchev–Trinajstić information content (AvgIpc) is 2.86. The lowest BCUT2D eigenvalue weighted by molar-refractivity contribution is 0.416. The minimum Gasteiger partial charge on any atom is -0.495 e. The molecular weight excluding hydrogens is 236 g/mol. The van der Waals surface area contributed by atoms with Crippen molar-refractivity contribution in [1.29, 1.82) is 0 Å². The van der Waals surface area contributed by atoms with Gasteiger partial charge in [0.1, 0.15) is 11.4 Å². The maximum Gasteiger partial charge on any atom is 0.225 e. The zero-order valence-corrected chi connectivity index (χ0v) is 11.0. The molecule has 0 bridgehead atoms. The van der Waals surface area contributed by atoms with E-state index in [1.807, 2.05) is 11.4 Å². The first kappa shape index (κ1) is 12.0. The van der Waals surface area contributed by atoms with Crippen molar-refractivity contribution >= 4 is 17.2 Å². The fourth-order valence-electron chi connectivity index (χ4n) is 1.74. The Morgan fingerprint density at radius 2 is 2.29 bits per heavy atom. The Morgan fingerprint density at radius 1 is 1.53 bits per heavy atom. The van der Waals surface area contributed by atoms with E-state index in [1.54, 1.807) is 18.4 Å². The highest BCUT2D eigenvalue weighted by Crippen LogP contribution is 2.38. The number of thiophene rings is 1. The summed E-state index contributed by atoms with van der Waals surface area (Å²) in [5.74, 6) is 1.72. The molecule has 0 saturated carbocycles. The summed E-state index contributed by atoms with van der Waals surface area (Å²) in [5.41, 5.74) is 7.60. The van der Waals surface area contributed by atoms with Crippen LogP contribution in [0.3, 0.4) is 0 Å². The topological polar surface area (TPSA) is 61.3 Å². The molecule has 2 rings (SSSR count). The predicted octanol–water partition coefficient (Wildman–Crippen LogP) is 3.19. The van der Waals surface area contributed by atoms with Gasteiger partial charge in [0.2, 0.25) is 5.88 Å². The SMILES string of the molecule is COc1ccsc1-c1noc(N)c1CC(C)C. The van der Waals surface area contributed by atoms with Gasteiger partial charge >= 0.3 is 0 Å². The van der Waals surface area contributed by atoms with Gasteiger partial charge in [-0.3, -0.25) is 0 Å². The highest BCUT2D eigenvalue weighted by Gasteiger charge is 2.20. The van der Waals surface area contributed by atoms with E-state index >= 15 is 0 Å². The second-order valence-corrected chi connectivity index (χ2v) is 5.21. The van der Waals surface area contributed by atoms with Gasteiger partial charge in [-0.2, -0.15) is 0 Å². The van der Waals surface area contributed by atoms with Gasteiger partial charge < -0.3 is 15.0 Å². The minimum absolute atomic E-state index is 0.407. The van der Waals surface area contributed by atoms with Crippen molar-refractivity contribution in [3.05, 3.63) is 17.0 Å². The molecule has 4 nitrogen and oxygen atoms in total. The summed E-state index contributed by atoms with van der Waals surface area (Å²) < 4.78 is 10.4. The molecule has 0 atom stereocenters. The van der Waals surface area contributed by atoms with Gasteiger partial charge in [0.15, 0.2) is 0 Å². The second kappa shape index (κ2) is 4.79. The van der Waals surface area contributed by atoms with Crippen molar-refractivity contribution in [2.75, 3.05) is 12.8 Å². The number of nitrogens with two attached hydrogens (primary N) is 1. The molecule has 2 aromatic heterocycles. The largest absolute Gasteiger partial charge is 0.495 e. The molecule has 0 amide bonds. The quantitative estimate of drug-likeness (QED) is 0.907. The number of methoxy groups -OCH3 is 1. The van der Waals surface area contributed by atoms with Crippen LogP contribution in [0.25, 0.3) is 10.6 Å². The van der Waals surface area contributed by atoms with Crippen LogP contribution in [0.4, 0.5) is 5.88 Å². The van der Waals surface area contributed by atoms with Gasteiger partial charge in [-0.25, -0.2) is 0 Å². The number of rotatable bonds is 4. The summed E-state index contributed by atoms with van der Waals surface area (Å²) in [7, 11) is 1.65. The minimum atomic E-state index is 0.407. The van der Waals surface area contributed by atoms with Crippen LogP contribution in [0.15, 0.2) is 16.0 Å². The summed E-state index contributed by atoms with van der Waals surface area (Å²) in [4.78, 5) is 0.976. The average molecular weight is 252 g/mol. The van der Waals surface area contributed by atoms with E-state index in [-0.39, 0.29) is 0 Å². The Balaban J connectivity index is 2.45. The van der Waals surface area contributed by atoms with Crippen LogP contribution >= 0.6 is 11.3 Å². The number of hydrogen-bond donors (Lipinski definition) is 1. The molecule has 2 aromatic rings. The van der Waals surface area contributed by atoms with E-state index in [0.29, 0.717) is 11.8 Å². The maximum atomic E-state index is 5.82. The van der Waals surface area contributed by atoms with Crippen LogP contribution in [-0.2, 0) is 6.42 Å². The third-order valence-corrected chi connectivity index (χ3v) is 3.40. The lowest BCUT2D eigenvalue weighted by Gasteiger charge is -2.05. The Labute approximate surface area is 104 Å². The number of nitrogen functional groups attached to an aromatic ring is 1. The van der Waals surface area contributed by atoms with E-state index in [1.165, 1.54) is 0 Å². The Kier molecular flexibility index (Phi) is 3.38. The van der Waals surface area contributed by atoms with Gasteiger partial charge in [-0.15, -0.1) is 11.3 Å². The lowest BCUT2D eigenvalue weighted by atomic mass is 10.0.